The van der Waals surface area contributed by atoms with Crippen LogP contribution in [0.25, 0.3) is 11.3 Å². The van der Waals surface area contributed by atoms with Crippen LogP contribution in [0.1, 0.15) is 38.7 Å². The van der Waals surface area contributed by atoms with Crippen LogP contribution in [0.15, 0.2) is 58.8 Å². The van der Waals surface area contributed by atoms with E-state index < -0.39 is 10.0 Å². The molecule has 1 amide bonds. The highest BCUT2D eigenvalue weighted by molar-refractivity contribution is 7.93. The van der Waals surface area contributed by atoms with E-state index in [0.717, 1.165) is 17.7 Å². The van der Waals surface area contributed by atoms with Crippen molar-refractivity contribution in [2.24, 2.45) is 0 Å². The van der Waals surface area contributed by atoms with Gasteiger partial charge >= 0.3 is 0 Å². The minimum Gasteiger partial charge on any atom is -0.326 e. The number of rotatable bonds is 7. The first kappa shape index (κ1) is 21.0. The molecule has 0 unspecified atom stereocenters. The van der Waals surface area contributed by atoms with Gasteiger partial charge in [-0.3, -0.25) is 9.52 Å². The van der Waals surface area contributed by atoms with Gasteiger partial charge in [0.1, 0.15) is 0 Å². The molecule has 3 rings (SSSR count). The van der Waals surface area contributed by atoms with Crippen LogP contribution < -0.4 is 10.0 Å². The molecule has 0 saturated carbocycles. The lowest BCUT2D eigenvalue weighted by Gasteiger charge is -2.09. The van der Waals surface area contributed by atoms with Crippen LogP contribution in [-0.4, -0.2) is 19.3 Å². The van der Waals surface area contributed by atoms with Gasteiger partial charge in [0, 0.05) is 23.6 Å². The quantitative estimate of drug-likeness (QED) is 0.548. The third kappa shape index (κ3) is 5.21. The Morgan fingerprint density at radius 3 is 2.34 bits per heavy atom. The molecule has 0 aliphatic heterocycles. The average molecular weight is 430 g/mol. The molecule has 3 aromatic rings. The van der Waals surface area contributed by atoms with E-state index in [1.807, 2.05) is 17.5 Å². The normalized spacial score (nSPS) is 12.4. The number of benzene rings is 2. The Morgan fingerprint density at radius 2 is 1.76 bits per heavy atom. The number of anilines is 2. The lowest BCUT2D eigenvalue weighted by Crippen LogP contribution is -2.13. The van der Waals surface area contributed by atoms with E-state index in [-0.39, 0.29) is 10.8 Å². The first-order chi connectivity index (χ1) is 13.8. The summed E-state index contributed by atoms with van der Waals surface area (Å²) in [7, 11) is -3.76. The largest absolute Gasteiger partial charge is 0.326 e. The van der Waals surface area contributed by atoms with Gasteiger partial charge in [-0.25, -0.2) is 13.4 Å². The van der Waals surface area contributed by atoms with Gasteiger partial charge in [0.25, 0.3) is 10.0 Å². The average Bonchev–Trinajstić information content (AvgIpc) is 3.15. The lowest BCUT2D eigenvalue weighted by molar-refractivity contribution is -0.114. The van der Waals surface area contributed by atoms with Crippen LogP contribution >= 0.6 is 11.3 Å². The molecule has 152 valence electrons. The number of aromatic nitrogens is 1. The van der Waals surface area contributed by atoms with Crippen molar-refractivity contribution in [2.45, 2.75) is 38.0 Å². The fourth-order valence-electron chi connectivity index (χ4n) is 2.77. The molecule has 0 aliphatic rings. The fraction of sp³-hybridized carbons (Fsp3) is 0.238. The topological polar surface area (TPSA) is 88.2 Å². The summed E-state index contributed by atoms with van der Waals surface area (Å²) in [6.07, 6.45) is 1.08. The van der Waals surface area contributed by atoms with Gasteiger partial charge in [-0.1, -0.05) is 38.1 Å². The zero-order valence-electron chi connectivity index (χ0n) is 16.5. The second kappa shape index (κ2) is 8.75. The highest BCUT2D eigenvalue weighted by atomic mass is 32.2. The van der Waals surface area contributed by atoms with E-state index in [0.29, 0.717) is 16.7 Å². The Bertz CT molecular complexity index is 1090. The lowest BCUT2D eigenvalue weighted by atomic mass is 9.97. The molecule has 29 heavy (non-hydrogen) atoms. The van der Waals surface area contributed by atoms with E-state index in [9.17, 15) is 13.2 Å². The second-order valence-electron chi connectivity index (χ2n) is 6.78. The number of nitrogens with zero attached hydrogens (tertiary/aromatic N) is 1. The van der Waals surface area contributed by atoms with Crippen molar-refractivity contribution in [2.75, 3.05) is 10.0 Å². The van der Waals surface area contributed by atoms with Crippen LogP contribution in [0, 0.1) is 0 Å². The molecule has 1 heterocycles. The standard InChI is InChI=1S/C21H23N3O3S2/c1-4-14(2)16-5-7-17(8-6-16)20-13-28-21(23-20)24-29(26,27)19-11-9-18(10-12-19)22-15(3)25/h5-14H,4H2,1-3H3,(H,22,25)(H,23,24)/t14-/m0/s1. The molecule has 1 aromatic heterocycles. The summed E-state index contributed by atoms with van der Waals surface area (Å²) in [4.78, 5) is 15.6. The van der Waals surface area contributed by atoms with Crippen molar-refractivity contribution in [3.63, 3.8) is 0 Å². The first-order valence-corrected chi connectivity index (χ1v) is 11.6. The number of thiazole rings is 1. The van der Waals surface area contributed by atoms with Gasteiger partial charge < -0.3 is 5.32 Å². The molecule has 0 radical (unpaired) electrons. The fourth-order valence-corrected chi connectivity index (χ4v) is 4.74. The first-order valence-electron chi connectivity index (χ1n) is 9.25. The van der Waals surface area contributed by atoms with Crippen LogP contribution in [0.3, 0.4) is 0 Å². The number of nitrogens with one attached hydrogen (secondary N) is 2. The van der Waals surface area contributed by atoms with Crippen molar-refractivity contribution in [1.82, 2.24) is 4.98 Å². The zero-order valence-corrected chi connectivity index (χ0v) is 18.1. The minimum atomic E-state index is -3.76. The maximum atomic E-state index is 12.6. The van der Waals surface area contributed by atoms with Crippen molar-refractivity contribution in [3.05, 3.63) is 59.5 Å². The smallest absolute Gasteiger partial charge is 0.263 e. The second-order valence-corrected chi connectivity index (χ2v) is 9.32. The summed E-state index contributed by atoms with van der Waals surface area (Å²) in [6.45, 7) is 5.74. The van der Waals surface area contributed by atoms with E-state index in [4.69, 9.17) is 0 Å². The van der Waals surface area contributed by atoms with Crippen molar-refractivity contribution in [3.8, 4) is 11.3 Å². The van der Waals surface area contributed by atoms with Crippen molar-refractivity contribution >= 4 is 38.1 Å². The monoisotopic (exact) mass is 429 g/mol. The number of amides is 1. The summed E-state index contributed by atoms with van der Waals surface area (Å²) >= 11 is 1.23. The van der Waals surface area contributed by atoms with E-state index >= 15 is 0 Å². The summed E-state index contributed by atoms with van der Waals surface area (Å²) < 4.78 is 27.7. The molecule has 0 aliphatic carbocycles. The van der Waals surface area contributed by atoms with Crippen LogP contribution in [0.2, 0.25) is 0 Å². The highest BCUT2D eigenvalue weighted by Gasteiger charge is 2.17. The molecule has 0 fully saturated rings. The van der Waals surface area contributed by atoms with Gasteiger partial charge in [0.15, 0.2) is 5.13 Å². The van der Waals surface area contributed by atoms with Gasteiger partial charge in [-0.15, -0.1) is 11.3 Å². The number of carbonyl (C=O) groups excluding carboxylic acids is 1. The molecule has 0 spiro atoms. The Balaban J connectivity index is 1.74. The maximum absolute atomic E-state index is 12.6. The van der Waals surface area contributed by atoms with Crippen LogP contribution in [0.5, 0.6) is 0 Å². The number of sulfonamides is 1. The summed E-state index contributed by atoms with van der Waals surface area (Å²) in [5.74, 6) is 0.283. The van der Waals surface area contributed by atoms with Gasteiger partial charge in [-0.05, 0) is 42.2 Å². The summed E-state index contributed by atoms with van der Waals surface area (Å²) in [6, 6.07) is 14.2. The van der Waals surface area contributed by atoms with Crippen LogP contribution in [-0.2, 0) is 14.8 Å². The van der Waals surface area contributed by atoms with Gasteiger partial charge in [0.2, 0.25) is 5.91 Å². The van der Waals surface area contributed by atoms with Gasteiger partial charge in [0.05, 0.1) is 10.6 Å². The van der Waals surface area contributed by atoms with Crippen molar-refractivity contribution < 1.29 is 13.2 Å². The van der Waals surface area contributed by atoms with Crippen LogP contribution in [0.4, 0.5) is 10.8 Å². The SMILES string of the molecule is CC[C@H](C)c1ccc(-c2csc(NS(=O)(=O)c3ccc(NC(C)=O)cc3)n2)cc1. The number of hydrogen-bond acceptors (Lipinski definition) is 5. The molecule has 6 nitrogen and oxygen atoms in total. The summed E-state index contributed by atoms with van der Waals surface area (Å²) in [5, 5.41) is 4.74. The molecular weight excluding hydrogens is 406 g/mol. The van der Waals surface area contributed by atoms with E-state index in [2.05, 4.69) is 41.0 Å². The summed E-state index contributed by atoms with van der Waals surface area (Å²) in [5.41, 5.74) is 3.48. The predicted octanol–water partition coefficient (Wildman–Crippen LogP) is 5.08. The molecule has 2 N–H and O–H groups in total. The third-order valence-corrected chi connectivity index (χ3v) is 6.84. The molecule has 0 saturated heterocycles. The highest BCUT2D eigenvalue weighted by Crippen LogP contribution is 2.28. The Kier molecular flexibility index (Phi) is 6.34. The molecule has 8 heteroatoms. The Labute approximate surface area is 175 Å². The van der Waals surface area contributed by atoms with Crippen molar-refractivity contribution in [1.29, 1.82) is 0 Å². The molecule has 1 atom stereocenters. The zero-order chi connectivity index (χ0) is 21.0. The number of hydrogen-bond donors (Lipinski definition) is 2. The molecular formula is C21H23N3O3S2. The maximum Gasteiger partial charge on any atom is 0.263 e. The molecule has 2 aromatic carbocycles. The Morgan fingerprint density at radius 1 is 1.10 bits per heavy atom. The minimum absolute atomic E-state index is 0.0984. The number of carbonyl (C=O) groups is 1. The van der Waals surface area contributed by atoms with Gasteiger partial charge in [-0.2, -0.15) is 0 Å². The molecule has 0 bridgehead atoms. The third-order valence-electron chi connectivity index (χ3n) is 4.60. The van der Waals surface area contributed by atoms with E-state index in [1.54, 1.807) is 12.1 Å². The Hall–Kier alpha value is -2.71. The van der Waals surface area contributed by atoms with E-state index in [1.165, 1.54) is 36.0 Å². The predicted molar refractivity (Wildman–Crippen MR) is 118 cm³/mol.